The van der Waals surface area contributed by atoms with Gasteiger partial charge in [-0.25, -0.2) is 9.97 Å². The SMILES string of the molecule is Cc1cnc(C(=O)N2CC[C@@]3(CCn4c(-c5cccs5)cnc43)C2)cn1. The molecule has 2 aliphatic rings. The van der Waals surface area contributed by atoms with E-state index in [4.69, 9.17) is 4.98 Å². The summed E-state index contributed by atoms with van der Waals surface area (Å²) in [4.78, 5) is 29.2. The number of hydrogen-bond acceptors (Lipinski definition) is 5. The molecule has 1 amide bonds. The van der Waals surface area contributed by atoms with Crippen molar-refractivity contribution in [2.75, 3.05) is 13.1 Å². The van der Waals surface area contributed by atoms with Crippen molar-refractivity contribution >= 4 is 17.2 Å². The van der Waals surface area contributed by atoms with Crippen molar-refractivity contribution in [3.8, 4) is 10.6 Å². The van der Waals surface area contributed by atoms with Gasteiger partial charge in [0, 0.05) is 31.2 Å². The molecule has 0 radical (unpaired) electrons. The Morgan fingerprint density at radius 1 is 1.15 bits per heavy atom. The van der Waals surface area contributed by atoms with Crippen molar-refractivity contribution in [2.24, 2.45) is 0 Å². The molecule has 1 atom stereocenters. The highest BCUT2D eigenvalue weighted by atomic mass is 32.1. The highest BCUT2D eigenvalue weighted by molar-refractivity contribution is 7.13. The smallest absolute Gasteiger partial charge is 0.274 e. The molecule has 0 bridgehead atoms. The molecular weight excluding hydrogens is 346 g/mol. The van der Waals surface area contributed by atoms with Gasteiger partial charge < -0.3 is 9.47 Å². The first kappa shape index (κ1) is 15.7. The van der Waals surface area contributed by atoms with Gasteiger partial charge in [-0.05, 0) is 31.2 Å². The van der Waals surface area contributed by atoms with Crippen LogP contribution < -0.4 is 0 Å². The normalized spacial score (nSPS) is 21.5. The Labute approximate surface area is 155 Å². The molecule has 1 fully saturated rings. The van der Waals surface area contributed by atoms with E-state index in [1.165, 1.54) is 10.6 Å². The Bertz CT molecular complexity index is 962. The van der Waals surface area contributed by atoms with E-state index in [1.54, 1.807) is 23.7 Å². The van der Waals surface area contributed by atoms with Crippen LogP contribution in [0.3, 0.4) is 0 Å². The fourth-order valence-corrected chi connectivity index (χ4v) is 4.93. The lowest BCUT2D eigenvalue weighted by molar-refractivity contribution is 0.0776. The summed E-state index contributed by atoms with van der Waals surface area (Å²) >= 11 is 1.74. The maximum atomic E-state index is 12.8. The molecule has 0 unspecified atom stereocenters. The lowest BCUT2D eigenvalue weighted by Gasteiger charge is -2.22. The van der Waals surface area contributed by atoms with Crippen LogP contribution in [0.1, 0.15) is 34.8 Å². The number of rotatable bonds is 2. The van der Waals surface area contributed by atoms with E-state index in [1.807, 2.05) is 18.0 Å². The Hall–Kier alpha value is -2.54. The van der Waals surface area contributed by atoms with Gasteiger partial charge in [0.25, 0.3) is 5.91 Å². The number of carbonyl (C=O) groups excluding carboxylic acids is 1. The van der Waals surface area contributed by atoms with Gasteiger partial charge in [-0.3, -0.25) is 9.78 Å². The minimum Gasteiger partial charge on any atom is -0.336 e. The third-order valence-corrected chi connectivity index (χ3v) is 6.45. The number of likely N-dealkylation sites (tertiary alicyclic amines) is 1. The second-order valence-corrected chi connectivity index (χ2v) is 8.09. The molecule has 3 aromatic rings. The van der Waals surface area contributed by atoms with E-state index in [0.717, 1.165) is 37.4 Å². The highest BCUT2D eigenvalue weighted by Crippen LogP contribution is 2.44. The number of imidazole rings is 1. The van der Waals surface area contributed by atoms with Crippen LogP contribution in [0.2, 0.25) is 0 Å². The van der Waals surface area contributed by atoms with Crippen LogP contribution in [0.15, 0.2) is 36.1 Å². The van der Waals surface area contributed by atoms with Gasteiger partial charge in [-0.15, -0.1) is 11.3 Å². The predicted octanol–water partition coefficient (Wildman–Crippen LogP) is 2.90. The van der Waals surface area contributed by atoms with Gasteiger partial charge in [-0.1, -0.05) is 6.07 Å². The molecule has 5 heterocycles. The molecule has 2 aliphatic heterocycles. The Morgan fingerprint density at radius 2 is 2.04 bits per heavy atom. The molecule has 0 N–H and O–H groups in total. The maximum Gasteiger partial charge on any atom is 0.274 e. The quantitative estimate of drug-likeness (QED) is 0.700. The van der Waals surface area contributed by atoms with E-state index in [9.17, 15) is 4.79 Å². The number of aromatic nitrogens is 4. The number of fused-ring (bicyclic) bond motifs is 2. The minimum atomic E-state index is -0.0298. The summed E-state index contributed by atoms with van der Waals surface area (Å²) in [6, 6.07) is 4.21. The van der Waals surface area contributed by atoms with Crippen LogP contribution in [0.5, 0.6) is 0 Å². The molecule has 1 spiro atoms. The molecular formula is C19H19N5OS. The molecule has 1 saturated heterocycles. The molecule has 0 aliphatic carbocycles. The monoisotopic (exact) mass is 365 g/mol. The van der Waals surface area contributed by atoms with Crippen molar-refractivity contribution in [3.05, 3.63) is 53.3 Å². The van der Waals surface area contributed by atoms with Crippen LogP contribution in [0.4, 0.5) is 0 Å². The fraction of sp³-hybridized carbons (Fsp3) is 0.368. The molecule has 26 heavy (non-hydrogen) atoms. The van der Waals surface area contributed by atoms with E-state index in [-0.39, 0.29) is 11.3 Å². The number of nitrogens with zero attached hydrogens (tertiary/aromatic N) is 5. The van der Waals surface area contributed by atoms with Crippen molar-refractivity contribution in [1.82, 2.24) is 24.4 Å². The second kappa shape index (κ2) is 5.74. The van der Waals surface area contributed by atoms with Crippen molar-refractivity contribution in [1.29, 1.82) is 0 Å². The molecule has 6 nitrogen and oxygen atoms in total. The first-order chi connectivity index (χ1) is 12.7. The summed E-state index contributed by atoms with van der Waals surface area (Å²) < 4.78 is 2.34. The Kier molecular flexibility index (Phi) is 3.46. The number of aryl methyl sites for hydroxylation is 1. The minimum absolute atomic E-state index is 0.0245. The molecule has 132 valence electrons. The van der Waals surface area contributed by atoms with Crippen LogP contribution in [0.25, 0.3) is 10.6 Å². The summed E-state index contributed by atoms with van der Waals surface area (Å²) in [5.74, 6) is 1.10. The molecule has 3 aromatic heterocycles. The Morgan fingerprint density at radius 3 is 2.81 bits per heavy atom. The van der Waals surface area contributed by atoms with Gasteiger partial charge in [-0.2, -0.15) is 0 Å². The number of hydrogen-bond donors (Lipinski definition) is 0. The predicted molar refractivity (Wildman–Crippen MR) is 99.1 cm³/mol. The van der Waals surface area contributed by atoms with E-state index in [2.05, 4.69) is 32.0 Å². The van der Waals surface area contributed by atoms with Gasteiger partial charge in [0.15, 0.2) is 0 Å². The first-order valence-electron chi connectivity index (χ1n) is 8.84. The summed E-state index contributed by atoms with van der Waals surface area (Å²) in [6.07, 6.45) is 7.20. The van der Waals surface area contributed by atoms with Crippen LogP contribution in [0, 0.1) is 6.92 Å². The second-order valence-electron chi connectivity index (χ2n) is 7.15. The van der Waals surface area contributed by atoms with Crippen LogP contribution in [-0.4, -0.2) is 43.4 Å². The largest absolute Gasteiger partial charge is 0.336 e. The third-order valence-electron chi connectivity index (χ3n) is 5.56. The van der Waals surface area contributed by atoms with E-state index in [0.29, 0.717) is 12.2 Å². The maximum absolute atomic E-state index is 12.8. The third kappa shape index (κ3) is 2.30. The van der Waals surface area contributed by atoms with Crippen LogP contribution in [-0.2, 0) is 12.0 Å². The topological polar surface area (TPSA) is 63.9 Å². The van der Waals surface area contributed by atoms with Crippen molar-refractivity contribution in [3.63, 3.8) is 0 Å². The summed E-state index contributed by atoms with van der Waals surface area (Å²) in [7, 11) is 0. The summed E-state index contributed by atoms with van der Waals surface area (Å²) in [5, 5.41) is 2.10. The average Bonchev–Trinajstić information content (AvgIpc) is 3.42. The zero-order valence-corrected chi connectivity index (χ0v) is 15.4. The fourth-order valence-electron chi connectivity index (χ4n) is 4.18. The summed E-state index contributed by atoms with van der Waals surface area (Å²) in [5.41, 5.74) is 2.41. The van der Waals surface area contributed by atoms with Crippen LogP contribution >= 0.6 is 11.3 Å². The van der Waals surface area contributed by atoms with Gasteiger partial charge >= 0.3 is 0 Å². The van der Waals surface area contributed by atoms with Gasteiger partial charge in [0.1, 0.15) is 11.5 Å². The molecule has 0 aromatic carbocycles. The molecule has 0 saturated carbocycles. The number of carbonyl (C=O) groups is 1. The lowest BCUT2D eigenvalue weighted by atomic mass is 9.85. The molecule has 5 rings (SSSR count). The summed E-state index contributed by atoms with van der Waals surface area (Å²) in [6.45, 7) is 4.29. The lowest BCUT2D eigenvalue weighted by Crippen LogP contribution is -2.34. The zero-order chi connectivity index (χ0) is 17.7. The average molecular weight is 365 g/mol. The molecule has 7 heteroatoms. The first-order valence-corrected chi connectivity index (χ1v) is 9.72. The number of thiophene rings is 1. The van der Waals surface area contributed by atoms with Crippen molar-refractivity contribution < 1.29 is 4.79 Å². The van der Waals surface area contributed by atoms with E-state index >= 15 is 0 Å². The highest BCUT2D eigenvalue weighted by Gasteiger charge is 2.48. The van der Waals surface area contributed by atoms with E-state index < -0.39 is 0 Å². The Balaban J connectivity index is 1.42. The van der Waals surface area contributed by atoms with Crippen molar-refractivity contribution in [2.45, 2.75) is 31.7 Å². The van der Waals surface area contributed by atoms with Gasteiger partial charge in [0.2, 0.25) is 0 Å². The number of amides is 1. The standard InChI is InChI=1S/C19H19N5OS/c1-13-9-21-14(10-20-13)17(25)23-6-4-19(12-23)5-7-24-15(11-22-18(19)24)16-3-2-8-26-16/h2-3,8-11H,4-7,12H2,1H3/t19-/m1/s1. The zero-order valence-electron chi connectivity index (χ0n) is 14.6. The van der Waals surface area contributed by atoms with Gasteiger partial charge in [0.05, 0.1) is 28.7 Å².